The predicted molar refractivity (Wildman–Crippen MR) is 106 cm³/mol. The van der Waals surface area contributed by atoms with Gasteiger partial charge in [0, 0.05) is 18.7 Å². The molecular formula is C21H25N5S. The molecule has 1 aromatic carbocycles. The molecule has 2 aromatic heterocycles. The van der Waals surface area contributed by atoms with Gasteiger partial charge in [-0.1, -0.05) is 6.07 Å². The van der Waals surface area contributed by atoms with Crippen LogP contribution < -0.4 is 0 Å². The summed E-state index contributed by atoms with van der Waals surface area (Å²) in [6, 6.07) is 4.88. The van der Waals surface area contributed by atoms with Gasteiger partial charge in [-0.15, -0.1) is 5.10 Å². The average Bonchev–Trinajstić information content (AvgIpc) is 3.41. The highest BCUT2D eigenvalue weighted by Crippen LogP contribution is 2.36. The van der Waals surface area contributed by atoms with Gasteiger partial charge in [-0.05, 0) is 98.0 Å². The number of hydrogen-bond donors (Lipinski definition) is 1. The third-order valence-corrected chi connectivity index (χ3v) is 6.55. The van der Waals surface area contributed by atoms with Crippen molar-refractivity contribution in [3.8, 4) is 0 Å². The second-order valence-electron chi connectivity index (χ2n) is 7.91. The fraction of sp³-hybridized carbons (Fsp3) is 0.476. The first-order valence-corrected chi connectivity index (χ1v) is 10.8. The fourth-order valence-electron chi connectivity index (χ4n) is 4.47. The lowest BCUT2D eigenvalue weighted by Gasteiger charge is -2.14. The number of aromatic nitrogens is 5. The van der Waals surface area contributed by atoms with E-state index >= 15 is 0 Å². The van der Waals surface area contributed by atoms with Crippen molar-refractivity contribution in [2.45, 2.75) is 75.0 Å². The van der Waals surface area contributed by atoms with Crippen LogP contribution in [0.15, 0.2) is 28.5 Å². The summed E-state index contributed by atoms with van der Waals surface area (Å²) in [5, 5.41) is 13.9. The van der Waals surface area contributed by atoms with Crippen molar-refractivity contribution in [2.24, 2.45) is 0 Å². The summed E-state index contributed by atoms with van der Waals surface area (Å²) in [4.78, 5) is 4.75. The van der Waals surface area contributed by atoms with Gasteiger partial charge in [0.05, 0.1) is 0 Å². The zero-order valence-corrected chi connectivity index (χ0v) is 16.8. The Hall–Kier alpha value is -2.08. The molecular weight excluding hydrogens is 354 g/mol. The van der Waals surface area contributed by atoms with Gasteiger partial charge in [0.2, 0.25) is 5.16 Å². The van der Waals surface area contributed by atoms with Gasteiger partial charge in [-0.25, -0.2) is 4.98 Å². The van der Waals surface area contributed by atoms with Crippen molar-refractivity contribution in [3.63, 3.8) is 0 Å². The van der Waals surface area contributed by atoms with E-state index in [0.29, 0.717) is 6.04 Å². The molecule has 0 bridgehead atoms. The number of aryl methyl sites for hydroxylation is 2. The van der Waals surface area contributed by atoms with Crippen LogP contribution in [-0.2, 0) is 32.1 Å². The van der Waals surface area contributed by atoms with Gasteiger partial charge in [0.1, 0.15) is 10.9 Å². The van der Waals surface area contributed by atoms with E-state index in [4.69, 9.17) is 4.98 Å². The number of nitrogens with zero attached hydrogens (tertiary/aromatic N) is 4. The van der Waals surface area contributed by atoms with Crippen LogP contribution in [0.3, 0.4) is 0 Å². The van der Waals surface area contributed by atoms with E-state index in [1.165, 1.54) is 55.9 Å². The van der Waals surface area contributed by atoms with Crippen LogP contribution in [0, 0.1) is 0 Å². The Labute approximate surface area is 164 Å². The number of hydrogen-bond acceptors (Lipinski definition) is 4. The Morgan fingerprint density at radius 2 is 1.85 bits per heavy atom. The third kappa shape index (κ3) is 3.20. The van der Waals surface area contributed by atoms with Gasteiger partial charge in [-0.3, -0.25) is 9.78 Å². The molecule has 0 saturated carbocycles. The van der Waals surface area contributed by atoms with Gasteiger partial charge < -0.3 is 0 Å². The molecule has 0 fully saturated rings. The highest BCUT2D eigenvalue weighted by Gasteiger charge is 2.24. The minimum atomic E-state index is 0.365. The topological polar surface area (TPSA) is 59.4 Å². The van der Waals surface area contributed by atoms with Crippen molar-refractivity contribution in [1.29, 1.82) is 0 Å². The van der Waals surface area contributed by atoms with E-state index in [1.54, 1.807) is 22.3 Å². The van der Waals surface area contributed by atoms with Crippen LogP contribution in [-0.4, -0.2) is 25.0 Å². The van der Waals surface area contributed by atoms with Crippen LogP contribution in [0.5, 0.6) is 0 Å². The SMILES string of the molecule is CC(C)n1ccc(Sc2n[nH]c(Cc3c4c(cc5c3CCC5)CCC4)n2)n1. The van der Waals surface area contributed by atoms with E-state index < -0.39 is 0 Å². The first-order chi connectivity index (χ1) is 13.2. The molecule has 0 unspecified atom stereocenters. The Balaban J connectivity index is 1.38. The molecule has 2 aliphatic rings. The molecule has 2 aliphatic carbocycles. The highest BCUT2D eigenvalue weighted by atomic mass is 32.2. The van der Waals surface area contributed by atoms with Gasteiger partial charge >= 0.3 is 0 Å². The summed E-state index contributed by atoms with van der Waals surface area (Å²) < 4.78 is 1.96. The van der Waals surface area contributed by atoms with E-state index in [1.807, 2.05) is 16.9 Å². The van der Waals surface area contributed by atoms with E-state index in [-0.39, 0.29) is 0 Å². The molecule has 0 aliphatic heterocycles. The smallest absolute Gasteiger partial charge is 0.214 e. The summed E-state index contributed by atoms with van der Waals surface area (Å²) in [6.07, 6.45) is 10.4. The molecule has 0 radical (unpaired) electrons. The van der Waals surface area contributed by atoms with Crippen LogP contribution in [0.1, 0.15) is 66.4 Å². The molecule has 3 aromatic rings. The van der Waals surface area contributed by atoms with Crippen molar-refractivity contribution >= 4 is 11.8 Å². The summed E-state index contributed by atoms with van der Waals surface area (Å²) in [5.74, 6) is 0.968. The Kier molecular flexibility index (Phi) is 4.31. The van der Waals surface area contributed by atoms with E-state index in [9.17, 15) is 0 Å². The fourth-order valence-corrected chi connectivity index (χ4v) is 5.17. The number of rotatable bonds is 5. The Bertz CT molecular complexity index is 952. The maximum atomic E-state index is 4.75. The average molecular weight is 380 g/mol. The molecule has 6 heteroatoms. The van der Waals surface area contributed by atoms with Crippen molar-refractivity contribution in [1.82, 2.24) is 25.0 Å². The lowest BCUT2D eigenvalue weighted by molar-refractivity contribution is 0.522. The van der Waals surface area contributed by atoms with Crippen LogP contribution >= 0.6 is 11.8 Å². The number of aromatic amines is 1. The van der Waals surface area contributed by atoms with Crippen LogP contribution in [0.2, 0.25) is 0 Å². The first kappa shape index (κ1) is 17.0. The quantitative estimate of drug-likeness (QED) is 0.718. The minimum absolute atomic E-state index is 0.365. The third-order valence-electron chi connectivity index (χ3n) is 5.76. The normalized spacial score (nSPS) is 15.5. The lowest BCUT2D eigenvalue weighted by Crippen LogP contribution is -2.03. The standard InChI is InChI=1S/C21H25N5S/c1-13(2)26-10-9-20(25-26)27-21-22-19(23-24-21)12-18-16-7-3-5-14(16)11-15-6-4-8-17(15)18/h9-11,13H,3-8,12H2,1-2H3,(H,22,23,24). The molecule has 5 rings (SSSR count). The molecule has 2 heterocycles. The van der Waals surface area contributed by atoms with Gasteiger partial charge in [-0.2, -0.15) is 5.10 Å². The zero-order valence-electron chi connectivity index (χ0n) is 16.0. The molecule has 1 N–H and O–H groups in total. The Morgan fingerprint density at radius 3 is 2.52 bits per heavy atom. The van der Waals surface area contributed by atoms with Gasteiger partial charge in [0.15, 0.2) is 0 Å². The van der Waals surface area contributed by atoms with Crippen LogP contribution in [0.25, 0.3) is 0 Å². The monoisotopic (exact) mass is 379 g/mol. The van der Waals surface area contributed by atoms with Crippen molar-refractivity contribution in [3.05, 3.63) is 52.0 Å². The molecule has 0 saturated heterocycles. The maximum Gasteiger partial charge on any atom is 0.214 e. The Morgan fingerprint density at radius 1 is 1.11 bits per heavy atom. The molecule has 0 atom stereocenters. The second-order valence-corrected chi connectivity index (χ2v) is 8.90. The van der Waals surface area contributed by atoms with E-state index in [0.717, 1.165) is 22.4 Å². The number of fused-ring (bicyclic) bond motifs is 2. The summed E-state index contributed by atoms with van der Waals surface area (Å²) in [7, 11) is 0. The molecule has 0 spiro atoms. The number of nitrogens with one attached hydrogen (secondary N) is 1. The summed E-state index contributed by atoms with van der Waals surface area (Å²) in [5.41, 5.74) is 7.89. The number of benzene rings is 1. The zero-order chi connectivity index (χ0) is 18.4. The van der Waals surface area contributed by atoms with Crippen molar-refractivity contribution in [2.75, 3.05) is 0 Å². The predicted octanol–water partition coefficient (Wildman–Crippen LogP) is 4.30. The van der Waals surface area contributed by atoms with Gasteiger partial charge in [0.25, 0.3) is 0 Å². The molecule has 27 heavy (non-hydrogen) atoms. The maximum absolute atomic E-state index is 4.75. The highest BCUT2D eigenvalue weighted by molar-refractivity contribution is 7.99. The minimum Gasteiger partial charge on any atom is -0.269 e. The van der Waals surface area contributed by atoms with Crippen LogP contribution in [0.4, 0.5) is 0 Å². The largest absolute Gasteiger partial charge is 0.269 e. The molecule has 0 amide bonds. The van der Waals surface area contributed by atoms with Crippen molar-refractivity contribution < 1.29 is 0 Å². The summed E-state index contributed by atoms with van der Waals surface area (Å²) >= 11 is 1.52. The lowest BCUT2D eigenvalue weighted by atomic mass is 9.92. The first-order valence-electron chi connectivity index (χ1n) is 9.97. The summed E-state index contributed by atoms with van der Waals surface area (Å²) in [6.45, 7) is 4.26. The van der Waals surface area contributed by atoms with E-state index in [2.05, 4.69) is 35.2 Å². The second kappa shape index (κ2) is 6.82. The molecule has 5 nitrogen and oxygen atoms in total. The number of H-pyrrole nitrogens is 1. The molecule has 140 valence electrons.